The van der Waals surface area contributed by atoms with Gasteiger partial charge in [0, 0.05) is 6.54 Å². The second-order valence-corrected chi connectivity index (χ2v) is 3.49. The summed E-state index contributed by atoms with van der Waals surface area (Å²) >= 11 is 0. The zero-order valence-corrected chi connectivity index (χ0v) is 7.28. The first-order chi connectivity index (χ1) is 5.91. The molecule has 1 aliphatic carbocycles. The molecule has 0 aromatic heterocycles. The average molecular weight is 192 g/mol. The van der Waals surface area contributed by atoms with E-state index in [0.717, 1.165) is 0 Å². The van der Waals surface area contributed by atoms with Gasteiger partial charge in [-0.25, -0.2) is 0 Å². The number of nitrogens with one attached hydrogen (secondary N) is 1. The van der Waals surface area contributed by atoms with Crippen LogP contribution in [0.2, 0.25) is 0 Å². The number of nitrogens with zero attached hydrogens (tertiary/aromatic N) is 1. The monoisotopic (exact) mass is 192 g/mol. The molecule has 0 radical (unpaired) electrons. The van der Waals surface area contributed by atoms with Gasteiger partial charge >= 0.3 is 6.18 Å². The van der Waals surface area contributed by atoms with Crippen molar-refractivity contribution in [1.82, 2.24) is 5.32 Å². The van der Waals surface area contributed by atoms with E-state index in [1.807, 2.05) is 6.07 Å². The van der Waals surface area contributed by atoms with E-state index >= 15 is 0 Å². The lowest BCUT2D eigenvalue weighted by Gasteiger charge is -2.21. The molecule has 1 unspecified atom stereocenters. The van der Waals surface area contributed by atoms with Gasteiger partial charge in [-0.2, -0.15) is 18.4 Å². The Bertz CT molecular complexity index is 225. The van der Waals surface area contributed by atoms with Crippen molar-refractivity contribution in [2.45, 2.75) is 31.5 Å². The fraction of sp³-hybridized carbons (Fsp3) is 0.875. The Morgan fingerprint density at radius 3 is 2.38 bits per heavy atom. The number of nitriles is 1. The van der Waals surface area contributed by atoms with Gasteiger partial charge in [0.15, 0.2) is 0 Å². The van der Waals surface area contributed by atoms with Gasteiger partial charge in [-0.1, -0.05) is 0 Å². The van der Waals surface area contributed by atoms with Crippen molar-refractivity contribution in [3.8, 4) is 6.07 Å². The molecule has 1 aliphatic rings. The van der Waals surface area contributed by atoms with Crippen LogP contribution >= 0.6 is 0 Å². The summed E-state index contributed by atoms with van der Waals surface area (Å²) in [5.41, 5.74) is -1.68. The zero-order valence-electron chi connectivity index (χ0n) is 7.28. The molecule has 0 aliphatic heterocycles. The van der Waals surface area contributed by atoms with Crippen LogP contribution in [0.5, 0.6) is 0 Å². The third-order valence-corrected chi connectivity index (χ3v) is 2.26. The average Bonchev–Trinajstić information content (AvgIpc) is 2.79. The highest BCUT2D eigenvalue weighted by molar-refractivity contribution is 5.08. The summed E-state index contributed by atoms with van der Waals surface area (Å²) in [6.45, 7) is 1.70. The molecule has 74 valence electrons. The van der Waals surface area contributed by atoms with Crippen LogP contribution in [0.3, 0.4) is 0 Å². The maximum Gasteiger partial charge on any atom is 0.406 e. The summed E-state index contributed by atoms with van der Waals surface area (Å²) in [6, 6.07) is 1.89. The van der Waals surface area contributed by atoms with E-state index < -0.39 is 11.7 Å². The molecule has 1 atom stereocenters. The van der Waals surface area contributed by atoms with Crippen LogP contribution in [0.25, 0.3) is 0 Å². The van der Waals surface area contributed by atoms with Crippen molar-refractivity contribution in [1.29, 1.82) is 5.26 Å². The van der Waals surface area contributed by atoms with Crippen LogP contribution < -0.4 is 5.32 Å². The molecule has 0 amide bonds. The lowest BCUT2D eigenvalue weighted by molar-refractivity contribution is -0.166. The van der Waals surface area contributed by atoms with Crippen LogP contribution in [0, 0.1) is 17.2 Å². The van der Waals surface area contributed by atoms with Crippen molar-refractivity contribution < 1.29 is 13.2 Å². The summed E-state index contributed by atoms with van der Waals surface area (Å²) < 4.78 is 36.9. The third-order valence-electron chi connectivity index (χ3n) is 2.26. The third kappa shape index (κ3) is 2.13. The normalized spacial score (nSPS) is 22.1. The second-order valence-electron chi connectivity index (χ2n) is 3.49. The molecule has 0 spiro atoms. The van der Waals surface area contributed by atoms with E-state index in [4.69, 9.17) is 5.26 Å². The summed E-state index contributed by atoms with van der Waals surface area (Å²) in [7, 11) is 0. The molecule has 2 nitrogen and oxygen atoms in total. The quantitative estimate of drug-likeness (QED) is 0.740. The minimum absolute atomic E-state index is 0.107. The van der Waals surface area contributed by atoms with Gasteiger partial charge in [0.2, 0.25) is 0 Å². The summed E-state index contributed by atoms with van der Waals surface area (Å²) in [4.78, 5) is 0. The highest BCUT2D eigenvalue weighted by atomic mass is 19.4. The smallest absolute Gasteiger partial charge is 0.302 e. The van der Waals surface area contributed by atoms with Gasteiger partial charge in [0.25, 0.3) is 0 Å². The van der Waals surface area contributed by atoms with E-state index in [9.17, 15) is 13.2 Å². The fourth-order valence-corrected chi connectivity index (χ4v) is 1.08. The van der Waals surface area contributed by atoms with Crippen LogP contribution in [0.4, 0.5) is 13.2 Å². The highest BCUT2D eigenvalue weighted by Crippen LogP contribution is 2.48. The summed E-state index contributed by atoms with van der Waals surface area (Å²) in [5, 5.41) is 10.8. The van der Waals surface area contributed by atoms with Gasteiger partial charge in [0.05, 0.1) is 12.0 Å². The standard InChI is InChI=1S/C8H11F3N2/c1-6(4-12)5-13-7(2-3-7)8(9,10)11/h6,13H,2-3,5H2,1H3. The van der Waals surface area contributed by atoms with Crippen LogP contribution in [-0.4, -0.2) is 18.3 Å². The molecule has 1 saturated carbocycles. The lowest BCUT2D eigenvalue weighted by Crippen LogP contribution is -2.46. The molecule has 1 fully saturated rings. The van der Waals surface area contributed by atoms with E-state index in [1.54, 1.807) is 6.92 Å². The van der Waals surface area contributed by atoms with Crippen molar-refractivity contribution >= 4 is 0 Å². The molecule has 0 bridgehead atoms. The van der Waals surface area contributed by atoms with Crippen LogP contribution in [-0.2, 0) is 0 Å². The maximum absolute atomic E-state index is 12.3. The minimum atomic E-state index is -4.18. The molecule has 0 aromatic carbocycles. The summed E-state index contributed by atoms with van der Waals surface area (Å²) in [6.07, 6.45) is -3.91. The van der Waals surface area contributed by atoms with Crippen LogP contribution in [0.1, 0.15) is 19.8 Å². The fourth-order valence-electron chi connectivity index (χ4n) is 1.08. The first-order valence-corrected chi connectivity index (χ1v) is 4.13. The molecular formula is C8H11F3N2. The van der Waals surface area contributed by atoms with Gasteiger partial charge < -0.3 is 5.32 Å². The lowest BCUT2D eigenvalue weighted by atomic mass is 10.2. The molecule has 1 N–H and O–H groups in total. The molecule has 13 heavy (non-hydrogen) atoms. The Kier molecular flexibility index (Phi) is 2.53. The minimum Gasteiger partial charge on any atom is -0.302 e. The molecule has 0 aromatic rings. The number of hydrogen-bond acceptors (Lipinski definition) is 2. The van der Waals surface area contributed by atoms with E-state index in [2.05, 4.69) is 5.32 Å². The zero-order chi connectivity index (χ0) is 10.1. The van der Waals surface area contributed by atoms with Crippen molar-refractivity contribution in [3.63, 3.8) is 0 Å². The predicted molar refractivity (Wildman–Crippen MR) is 40.8 cm³/mol. The van der Waals surface area contributed by atoms with Crippen LogP contribution in [0.15, 0.2) is 0 Å². The molecule has 0 heterocycles. The number of alkyl halides is 3. The number of hydrogen-bond donors (Lipinski definition) is 1. The van der Waals surface area contributed by atoms with E-state index in [1.165, 1.54) is 0 Å². The Morgan fingerprint density at radius 2 is 2.08 bits per heavy atom. The Balaban J connectivity index is 2.42. The largest absolute Gasteiger partial charge is 0.406 e. The molecule has 0 saturated heterocycles. The van der Waals surface area contributed by atoms with E-state index in [-0.39, 0.29) is 25.3 Å². The first-order valence-electron chi connectivity index (χ1n) is 4.13. The van der Waals surface area contributed by atoms with Crippen molar-refractivity contribution in [3.05, 3.63) is 0 Å². The highest BCUT2D eigenvalue weighted by Gasteiger charge is 2.62. The van der Waals surface area contributed by atoms with Gasteiger partial charge in [-0.3, -0.25) is 0 Å². The topological polar surface area (TPSA) is 35.8 Å². The Labute approximate surface area is 74.7 Å². The number of halogens is 3. The Hall–Kier alpha value is -0.760. The predicted octanol–water partition coefficient (Wildman–Crippen LogP) is 1.83. The second kappa shape index (κ2) is 3.18. The number of rotatable bonds is 3. The molecular weight excluding hydrogens is 181 g/mol. The van der Waals surface area contributed by atoms with Crippen molar-refractivity contribution in [2.24, 2.45) is 5.92 Å². The SMILES string of the molecule is CC(C#N)CNC1(C(F)(F)F)CC1. The summed E-state index contributed by atoms with van der Waals surface area (Å²) in [5.74, 6) is -0.375. The van der Waals surface area contributed by atoms with Gasteiger partial charge in [-0.15, -0.1) is 0 Å². The first kappa shape index (κ1) is 10.3. The van der Waals surface area contributed by atoms with Gasteiger partial charge in [0.1, 0.15) is 5.54 Å². The van der Waals surface area contributed by atoms with E-state index in [0.29, 0.717) is 0 Å². The van der Waals surface area contributed by atoms with Gasteiger partial charge in [-0.05, 0) is 19.8 Å². The maximum atomic E-state index is 12.3. The Morgan fingerprint density at radius 1 is 1.54 bits per heavy atom. The van der Waals surface area contributed by atoms with Crippen molar-refractivity contribution in [2.75, 3.05) is 6.54 Å². The molecule has 1 rings (SSSR count). The molecule has 5 heteroatoms.